The topological polar surface area (TPSA) is 128 Å². The summed E-state index contributed by atoms with van der Waals surface area (Å²) in [5.74, 6) is -1.18. The lowest BCUT2D eigenvalue weighted by Gasteiger charge is -2.06. The van der Waals surface area contributed by atoms with Crippen LogP contribution in [0.25, 0.3) is 11.5 Å². The summed E-state index contributed by atoms with van der Waals surface area (Å²) < 4.78 is 33.1. The fraction of sp³-hybridized carbons (Fsp3) is 0.111. The van der Waals surface area contributed by atoms with Gasteiger partial charge in [-0.1, -0.05) is 17.2 Å². The van der Waals surface area contributed by atoms with E-state index in [-0.39, 0.29) is 27.9 Å². The van der Waals surface area contributed by atoms with Crippen LogP contribution in [0.15, 0.2) is 57.8 Å². The highest BCUT2D eigenvalue weighted by molar-refractivity contribution is 7.90. The molecule has 9 nitrogen and oxygen atoms in total. The minimum atomic E-state index is -3.32. The van der Waals surface area contributed by atoms with E-state index in [9.17, 15) is 18.0 Å². The molecular weight excluding hydrogens is 386 g/mol. The zero-order chi connectivity index (χ0) is 20.3. The Morgan fingerprint density at radius 2 is 1.64 bits per heavy atom. The van der Waals surface area contributed by atoms with Crippen molar-refractivity contribution >= 4 is 27.7 Å². The molecule has 1 N–H and O–H groups in total. The Kier molecular flexibility index (Phi) is 5.23. The Bertz CT molecular complexity index is 1140. The number of amides is 1. The molecule has 0 spiro atoms. The number of nitrogens with one attached hydrogen (secondary N) is 1. The van der Waals surface area contributed by atoms with Gasteiger partial charge in [-0.05, 0) is 36.4 Å². The first kappa shape index (κ1) is 19.2. The average Bonchev–Trinajstić information content (AvgIpc) is 3.15. The number of sulfone groups is 1. The number of rotatable bonds is 5. The second-order valence-electron chi connectivity index (χ2n) is 5.70. The first-order valence-electron chi connectivity index (χ1n) is 7.92. The molecule has 1 aromatic heterocycles. The number of hydrogen-bond donors (Lipinski definition) is 1. The molecule has 10 heteroatoms. The zero-order valence-corrected chi connectivity index (χ0v) is 15.7. The number of nitrogens with zero attached hydrogens (tertiary/aromatic N) is 2. The van der Waals surface area contributed by atoms with Gasteiger partial charge in [0, 0.05) is 11.8 Å². The molecule has 0 saturated heterocycles. The van der Waals surface area contributed by atoms with Crippen molar-refractivity contribution in [2.24, 2.45) is 0 Å². The summed E-state index contributed by atoms with van der Waals surface area (Å²) in [6, 6.07) is 11.8. The highest BCUT2D eigenvalue weighted by atomic mass is 32.2. The first-order chi connectivity index (χ1) is 13.3. The van der Waals surface area contributed by atoms with E-state index in [0.29, 0.717) is 5.56 Å². The lowest BCUT2D eigenvalue weighted by molar-refractivity contribution is 0.0597. The molecule has 0 aliphatic heterocycles. The smallest absolute Gasteiger partial charge is 0.338 e. The molecule has 28 heavy (non-hydrogen) atoms. The number of carbonyl (C=O) groups is 2. The van der Waals surface area contributed by atoms with Gasteiger partial charge in [0.1, 0.15) is 0 Å². The van der Waals surface area contributed by atoms with Crippen molar-refractivity contribution in [2.45, 2.75) is 4.90 Å². The minimum absolute atomic E-state index is 0.0894. The van der Waals surface area contributed by atoms with Crippen LogP contribution in [0.2, 0.25) is 0 Å². The van der Waals surface area contributed by atoms with Gasteiger partial charge in [-0.3, -0.25) is 10.1 Å². The highest BCUT2D eigenvalue weighted by Crippen LogP contribution is 2.22. The monoisotopic (exact) mass is 401 g/mol. The van der Waals surface area contributed by atoms with Gasteiger partial charge in [-0.2, -0.15) is 0 Å². The van der Waals surface area contributed by atoms with E-state index in [1.165, 1.54) is 43.5 Å². The van der Waals surface area contributed by atoms with Crippen molar-refractivity contribution in [3.8, 4) is 11.5 Å². The molecule has 0 atom stereocenters. The quantitative estimate of drug-likeness (QED) is 0.644. The number of anilines is 1. The van der Waals surface area contributed by atoms with E-state index in [0.717, 1.165) is 6.26 Å². The van der Waals surface area contributed by atoms with E-state index < -0.39 is 21.7 Å². The van der Waals surface area contributed by atoms with Crippen molar-refractivity contribution < 1.29 is 27.2 Å². The van der Waals surface area contributed by atoms with E-state index in [4.69, 9.17) is 4.42 Å². The third-order valence-corrected chi connectivity index (χ3v) is 4.88. The number of aromatic nitrogens is 2. The molecule has 144 valence electrons. The van der Waals surface area contributed by atoms with Gasteiger partial charge in [0.05, 0.1) is 23.1 Å². The van der Waals surface area contributed by atoms with Crippen LogP contribution in [0, 0.1) is 0 Å². The van der Waals surface area contributed by atoms with Gasteiger partial charge in [0.25, 0.3) is 5.91 Å². The van der Waals surface area contributed by atoms with Crippen LogP contribution in [-0.4, -0.2) is 43.9 Å². The van der Waals surface area contributed by atoms with Crippen molar-refractivity contribution in [1.29, 1.82) is 0 Å². The van der Waals surface area contributed by atoms with Crippen molar-refractivity contribution in [3.05, 3.63) is 59.7 Å². The van der Waals surface area contributed by atoms with Gasteiger partial charge in [0.15, 0.2) is 9.84 Å². The fourth-order valence-electron chi connectivity index (χ4n) is 2.37. The minimum Gasteiger partial charge on any atom is -0.465 e. The Morgan fingerprint density at radius 3 is 2.25 bits per heavy atom. The Morgan fingerprint density at radius 1 is 1.00 bits per heavy atom. The summed E-state index contributed by atoms with van der Waals surface area (Å²) in [5.41, 5.74) is 0.667. The van der Waals surface area contributed by atoms with Gasteiger partial charge >= 0.3 is 12.0 Å². The van der Waals surface area contributed by atoms with Crippen molar-refractivity contribution in [2.75, 3.05) is 18.7 Å². The third-order valence-electron chi connectivity index (χ3n) is 3.75. The molecule has 0 unspecified atom stereocenters. The number of esters is 1. The molecule has 0 fully saturated rings. The number of methoxy groups -OCH3 is 1. The van der Waals surface area contributed by atoms with Crippen molar-refractivity contribution in [3.63, 3.8) is 0 Å². The molecule has 0 aliphatic rings. The molecule has 0 bridgehead atoms. The van der Waals surface area contributed by atoms with Gasteiger partial charge in [0.2, 0.25) is 5.89 Å². The van der Waals surface area contributed by atoms with Gasteiger partial charge < -0.3 is 9.15 Å². The molecule has 0 radical (unpaired) electrons. The van der Waals surface area contributed by atoms with Crippen LogP contribution >= 0.6 is 0 Å². The molecular formula is C18H15N3O6S. The molecule has 2 aromatic carbocycles. The van der Waals surface area contributed by atoms with Crippen LogP contribution in [0.5, 0.6) is 0 Å². The summed E-state index contributed by atoms with van der Waals surface area (Å²) in [7, 11) is -2.10. The van der Waals surface area contributed by atoms with E-state index in [1.807, 2.05) is 0 Å². The Labute approximate surface area is 160 Å². The van der Waals surface area contributed by atoms with Crippen LogP contribution in [0.1, 0.15) is 20.7 Å². The number of carbonyl (C=O) groups excluding carboxylic acids is 2. The first-order valence-corrected chi connectivity index (χ1v) is 9.81. The maximum Gasteiger partial charge on any atom is 0.338 e. The van der Waals surface area contributed by atoms with Crippen LogP contribution in [0.4, 0.5) is 6.01 Å². The summed E-state index contributed by atoms with van der Waals surface area (Å²) in [4.78, 5) is 24.4. The SMILES string of the molecule is COC(=O)c1ccccc1C(=O)Nc1nnc(-c2ccc(S(C)(=O)=O)cc2)o1. The standard InChI is InChI=1S/C18H15N3O6S/c1-26-17(23)14-6-4-3-5-13(14)15(22)19-18-21-20-16(27-18)11-7-9-12(10-8-11)28(2,24)25/h3-10H,1-2H3,(H,19,21,22). The summed E-state index contributed by atoms with van der Waals surface area (Å²) in [5, 5.41) is 9.99. The van der Waals surface area contributed by atoms with Crippen molar-refractivity contribution in [1.82, 2.24) is 10.2 Å². The van der Waals surface area contributed by atoms with Gasteiger partial charge in [-0.25, -0.2) is 13.2 Å². The second kappa shape index (κ2) is 7.61. The molecule has 0 saturated carbocycles. The summed E-state index contributed by atoms with van der Waals surface area (Å²) in [6.45, 7) is 0. The largest absolute Gasteiger partial charge is 0.465 e. The fourth-order valence-corrected chi connectivity index (χ4v) is 3.00. The zero-order valence-electron chi connectivity index (χ0n) is 14.9. The maximum atomic E-state index is 12.4. The van der Waals surface area contributed by atoms with Gasteiger partial charge in [-0.15, -0.1) is 5.10 Å². The predicted octanol–water partition coefficient (Wildman–Crippen LogP) is 2.18. The number of ether oxygens (including phenoxy) is 1. The molecule has 0 aliphatic carbocycles. The molecule has 3 aromatic rings. The number of hydrogen-bond acceptors (Lipinski definition) is 8. The van der Waals surface area contributed by atoms with Crippen LogP contribution in [-0.2, 0) is 14.6 Å². The van der Waals surface area contributed by atoms with Crippen LogP contribution < -0.4 is 5.32 Å². The lowest BCUT2D eigenvalue weighted by Crippen LogP contribution is -2.17. The second-order valence-corrected chi connectivity index (χ2v) is 7.72. The Hall–Kier alpha value is -3.53. The molecule has 3 rings (SSSR count). The van der Waals surface area contributed by atoms with E-state index in [2.05, 4.69) is 20.3 Å². The predicted molar refractivity (Wildman–Crippen MR) is 98.6 cm³/mol. The number of benzene rings is 2. The van der Waals surface area contributed by atoms with E-state index in [1.54, 1.807) is 12.1 Å². The molecule has 1 heterocycles. The average molecular weight is 401 g/mol. The summed E-state index contributed by atoms with van der Waals surface area (Å²) >= 11 is 0. The Balaban J connectivity index is 1.80. The maximum absolute atomic E-state index is 12.4. The van der Waals surface area contributed by atoms with E-state index >= 15 is 0 Å². The lowest BCUT2D eigenvalue weighted by atomic mass is 10.1. The summed E-state index contributed by atoms with van der Waals surface area (Å²) in [6.07, 6.45) is 1.11. The van der Waals surface area contributed by atoms with Crippen LogP contribution in [0.3, 0.4) is 0 Å². The third kappa shape index (κ3) is 4.07. The normalized spacial score (nSPS) is 11.1. The molecule has 1 amide bonds. The highest BCUT2D eigenvalue weighted by Gasteiger charge is 2.19.